The molecule has 3 rings (SSSR count). The Labute approximate surface area is 150 Å². The minimum absolute atomic E-state index is 0.265. The van der Waals surface area contributed by atoms with E-state index < -0.39 is 0 Å². The highest BCUT2D eigenvalue weighted by molar-refractivity contribution is 6.03. The van der Waals surface area contributed by atoms with E-state index >= 15 is 0 Å². The number of rotatable bonds is 6. The molecule has 1 heterocycles. The number of nitrogens with one attached hydrogen (secondary N) is 2. The van der Waals surface area contributed by atoms with Gasteiger partial charge in [-0.3, -0.25) is 4.79 Å². The molecule has 0 saturated heterocycles. The number of aromatic nitrogens is 1. The van der Waals surface area contributed by atoms with Gasteiger partial charge in [0.2, 0.25) is 0 Å². The van der Waals surface area contributed by atoms with Crippen molar-refractivity contribution in [2.45, 2.75) is 6.92 Å². The average molecular weight is 351 g/mol. The molecule has 0 saturated carbocycles. The van der Waals surface area contributed by atoms with Crippen LogP contribution in [0.4, 0.5) is 21.5 Å². The normalized spacial score (nSPS) is 10.2. The minimum atomic E-state index is -0.338. The van der Waals surface area contributed by atoms with Gasteiger partial charge in [-0.1, -0.05) is 18.2 Å². The zero-order chi connectivity index (χ0) is 18.4. The van der Waals surface area contributed by atoms with Gasteiger partial charge in [0.1, 0.15) is 17.3 Å². The zero-order valence-electron chi connectivity index (χ0n) is 14.2. The molecular weight excluding hydrogens is 333 g/mol. The van der Waals surface area contributed by atoms with Gasteiger partial charge in [-0.2, -0.15) is 0 Å². The van der Waals surface area contributed by atoms with Crippen molar-refractivity contribution in [1.82, 2.24) is 4.98 Å². The van der Waals surface area contributed by atoms with Gasteiger partial charge in [0, 0.05) is 5.69 Å². The smallest absolute Gasteiger partial charge is 0.274 e. The molecular formula is C20H18FN3O2. The maximum Gasteiger partial charge on any atom is 0.274 e. The van der Waals surface area contributed by atoms with Crippen molar-refractivity contribution < 1.29 is 13.9 Å². The van der Waals surface area contributed by atoms with Crippen LogP contribution in [0.1, 0.15) is 17.4 Å². The molecule has 0 spiro atoms. The van der Waals surface area contributed by atoms with Crippen LogP contribution in [0.3, 0.4) is 0 Å². The van der Waals surface area contributed by atoms with E-state index in [0.717, 1.165) is 0 Å². The number of anilines is 3. The lowest BCUT2D eigenvalue weighted by Crippen LogP contribution is -2.14. The second-order valence-corrected chi connectivity index (χ2v) is 5.45. The van der Waals surface area contributed by atoms with Crippen LogP contribution in [0, 0.1) is 5.82 Å². The topological polar surface area (TPSA) is 63.2 Å². The van der Waals surface area contributed by atoms with Crippen molar-refractivity contribution in [3.8, 4) is 5.75 Å². The van der Waals surface area contributed by atoms with Gasteiger partial charge in [-0.25, -0.2) is 9.37 Å². The molecule has 0 aliphatic rings. The molecule has 2 N–H and O–H groups in total. The number of nitrogens with zero attached hydrogens (tertiary/aromatic N) is 1. The Morgan fingerprint density at radius 3 is 2.65 bits per heavy atom. The van der Waals surface area contributed by atoms with Crippen LogP contribution in [0.5, 0.6) is 5.75 Å². The molecule has 132 valence electrons. The van der Waals surface area contributed by atoms with Gasteiger partial charge >= 0.3 is 0 Å². The summed E-state index contributed by atoms with van der Waals surface area (Å²) in [6, 6.07) is 16.6. The summed E-state index contributed by atoms with van der Waals surface area (Å²) in [6.07, 6.45) is 1.52. The molecule has 0 unspecified atom stereocenters. The first kappa shape index (κ1) is 17.4. The van der Waals surface area contributed by atoms with E-state index in [9.17, 15) is 9.18 Å². The number of para-hydroxylation sites is 2. The van der Waals surface area contributed by atoms with Gasteiger partial charge in [-0.15, -0.1) is 0 Å². The molecule has 1 amide bonds. The lowest BCUT2D eigenvalue weighted by Gasteiger charge is -2.11. The highest BCUT2D eigenvalue weighted by Gasteiger charge is 2.11. The number of ether oxygens (including phenoxy) is 1. The number of carbonyl (C=O) groups excluding carboxylic acids is 1. The SMILES string of the molecule is CCOc1ccccc1NC(=O)c1ccc(Nc2cccc(F)c2)cn1. The fourth-order valence-corrected chi connectivity index (χ4v) is 2.37. The molecule has 0 aliphatic carbocycles. The van der Waals surface area contributed by atoms with Gasteiger partial charge in [-0.05, 0) is 49.4 Å². The Balaban J connectivity index is 1.69. The third kappa shape index (κ3) is 4.36. The molecule has 6 heteroatoms. The van der Waals surface area contributed by atoms with Gasteiger partial charge in [0.05, 0.1) is 24.2 Å². The third-order valence-electron chi connectivity index (χ3n) is 3.54. The maximum atomic E-state index is 13.2. The van der Waals surface area contributed by atoms with E-state index in [4.69, 9.17) is 4.74 Å². The first-order chi connectivity index (χ1) is 12.7. The van der Waals surface area contributed by atoms with Crippen LogP contribution >= 0.6 is 0 Å². The number of hydrogen-bond donors (Lipinski definition) is 2. The number of carbonyl (C=O) groups is 1. The van der Waals surface area contributed by atoms with E-state index in [0.29, 0.717) is 29.4 Å². The third-order valence-corrected chi connectivity index (χ3v) is 3.54. The van der Waals surface area contributed by atoms with Crippen molar-refractivity contribution in [3.05, 3.63) is 78.4 Å². The summed E-state index contributed by atoms with van der Waals surface area (Å²) in [6.45, 7) is 2.38. The first-order valence-electron chi connectivity index (χ1n) is 8.17. The quantitative estimate of drug-likeness (QED) is 0.680. The predicted molar refractivity (Wildman–Crippen MR) is 99.5 cm³/mol. The van der Waals surface area contributed by atoms with Crippen molar-refractivity contribution in [2.24, 2.45) is 0 Å². The fourth-order valence-electron chi connectivity index (χ4n) is 2.37. The summed E-state index contributed by atoms with van der Waals surface area (Å²) in [5.41, 5.74) is 2.11. The summed E-state index contributed by atoms with van der Waals surface area (Å²) in [5, 5.41) is 5.82. The Morgan fingerprint density at radius 1 is 1.08 bits per heavy atom. The van der Waals surface area contributed by atoms with E-state index in [-0.39, 0.29) is 17.4 Å². The second kappa shape index (κ2) is 8.11. The lowest BCUT2D eigenvalue weighted by atomic mass is 10.2. The molecule has 3 aromatic rings. The van der Waals surface area contributed by atoms with E-state index in [1.807, 2.05) is 19.1 Å². The van der Waals surface area contributed by atoms with Crippen LogP contribution in [0.15, 0.2) is 66.9 Å². The predicted octanol–water partition coefficient (Wildman–Crippen LogP) is 4.62. The van der Waals surface area contributed by atoms with Crippen LogP contribution < -0.4 is 15.4 Å². The Hall–Kier alpha value is -3.41. The second-order valence-electron chi connectivity index (χ2n) is 5.45. The lowest BCUT2D eigenvalue weighted by molar-refractivity contribution is 0.102. The monoisotopic (exact) mass is 351 g/mol. The fraction of sp³-hybridized carbons (Fsp3) is 0.100. The van der Waals surface area contributed by atoms with Crippen LogP contribution in [0.25, 0.3) is 0 Å². The Morgan fingerprint density at radius 2 is 1.92 bits per heavy atom. The van der Waals surface area contributed by atoms with Crippen molar-refractivity contribution in [3.63, 3.8) is 0 Å². The molecule has 26 heavy (non-hydrogen) atoms. The molecule has 5 nitrogen and oxygen atoms in total. The van der Waals surface area contributed by atoms with Crippen LogP contribution in [0.2, 0.25) is 0 Å². The van der Waals surface area contributed by atoms with Gasteiger partial charge < -0.3 is 15.4 Å². The zero-order valence-corrected chi connectivity index (χ0v) is 14.2. The number of amides is 1. The minimum Gasteiger partial charge on any atom is -0.492 e. The number of halogens is 1. The largest absolute Gasteiger partial charge is 0.492 e. The van der Waals surface area contributed by atoms with Crippen molar-refractivity contribution in [2.75, 3.05) is 17.2 Å². The number of benzene rings is 2. The Bertz CT molecular complexity index is 898. The van der Waals surface area contributed by atoms with Gasteiger partial charge in [0.25, 0.3) is 5.91 Å². The molecule has 1 aromatic heterocycles. The molecule has 0 bridgehead atoms. The van der Waals surface area contributed by atoms with Crippen LogP contribution in [-0.2, 0) is 0 Å². The summed E-state index contributed by atoms with van der Waals surface area (Å²) < 4.78 is 18.7. The maximum absolute atomic E-state index is 13.2. The number of hydrogen-bond acceptors (Lipinski definition) is 4. The number of pyridine rings is 1. The van der Waals surface area contributed by atoms with Crippen LogP contribution in [-0.4, -0.2) is 17.5 Å². The molecule has 0 fully saturated rings. The van der Waals surface area contributed by atoms with Crippen molar-refractivity contribution in [1.29, 1.82) is 0 Å². The summed E-state index contributed by atoms with van der Waals surface area (Å²) in [4.78, 5) is 16.5. The summed E-state index contributed by atoms with van der Waals surface area (Å²) >= 11 is 0. The molecule has 0 atom stereocenters. The van der Waals surface area contributed by atoms with Crippen molar-refractivity contribution >= 4 is 23.0 Å². The average Bonchev–Trinajstić information content (AvgIpc) is 2.64. The molecule has 2 aromatic carbocycles. The summed E-state index contributed by atoms with van der Waals surface area (Å²) in [7, 11) is 0. The summed E-state index contributed by atoms with van der Waals surface area (Å²) in [5.74, 6) is -0.0610. The first-order valence-corrected chi connectivity index (χ1v) is 8.17. The standard InChI is InChI=1S/C20H18FN3O2/c1-2-26-19-9-4-3-8-17(19)24-20(25)18-11-10-16(13-22-18)23-15-7-5-6-14(21)12-15/h3-13,23H,2H2,1H3,(H,24,25). The van der Waals surface area contributed by atoms with E-state index in [2.05, 4.69) is 15.6 Å². The van der Waals surface area contributed by atoms with E-state index in [1.165, 1.54) is 18.3 Å². The highest BCUT2D eigenvalue weighted by Crippen LogP contribution is 2.24. The highest BCUT2D eigenvalue weighted by atomic mass is 19.1. The van der Waals surface area contributed by atoms with Gasteiger partial charge in [0.15, 0.2) is 0 Å². The van der Waals surface area contributed by atoms with E-state index in [1.54, 1.807) is 36.4 Å². The molecule has 0 aliphatic heterocycles. The Kier molecular flexibility index (Phi) is 5.43. The molecule has 0 radical (unpaired) electrons.